The molecule has 0 saturated heterocycles. The summed E-state index contributed by atoms with van der Waals surface area (Å²) in [6.45, 7) is 3.93. The van der Waals surface area contributed by atoms with E-state index >= 15 is 0 Å². The van der Waals surface area contributed by atoms with E-state index in [2.05, 4.69) is 15.3 Å². The summed E-state index contributed by atoms with van der Waals surface area (Å²) in [7, 11) is 0. The molecule has 3 aromatic rings. The Hall–Kier alpha value is -2.37. The number of nitrogens with one attached hydrogen (secondary N) is 1. The fourth-order valence-electron chi connectivity index (χ4n) is 2.39. The minimum atomic E-state index is -0.149. The van der Waals surface area contributed by atoms with Crippen molar-refractivity contribution in [3.63, 3.8) is 0 Å². The molecular formula is C20H18ClN3OS. The molecule has 0 radical (unpaired) electrons. The maximum absolute atomic E-state index is 12.3. The lowest BCUT2D eigenvalue weighted by Crippen LogP contribution is -2.11. The molecule has 3 rings (SSSR count). The summed E-state index contributed by atoms with van der Waals surface area (Å²) in [5.74, 6) is 0.603. The van der Waals surface area contributed by atoms with Crippen LogP contribution in [0.1, 0.15) is 27.3 Å². The molecule has 0 aliphatic rings. The Labute approximate surface area is 162 Å². The van der Waals surface area contributed by atoms with Crippen LogP contribution in [0.4, 0.5) is 5.69 Å². The van der Waals surface area contributed by atoms with Gasteiger partial charge in [-0.25, -0.2) is 9.97 Å². The number of rotatable bonds is 5. The Kier molecular flexibility index (Phi) is 5.91. The average molecular weight is 384 g/mol. The lowest BCUT2D eigenvalue weighted by molar-refractivity contribution is 0.102. The number of carbonyl (C=O) groups excluding carboxylic acids is 1. The van der Waals surface area contributed by atoms with Crippen LogP contribution in [0.15, 0.2) is 59.8 Å². The lowest BCUT2D eigenvalue weighted by atomic mass is 10.1. The zero-order valence-electron chi connectivity index (χ0n) is 14.5. The van der Waals surface area contributed by atoms with E-state index in [4.69, 9.17) is 11.6 Å². The van der Waals surface area contributed by atoms with Crippen molar-refractivity contribution in [2.75, 3.05) is 5.32 Å². The van der Waals surface area contributed by atoms with Gasteiger partial charge >= 0.3 is 0 Å². The minimum absolute atomic E-state index is 0.149. The molecule has 2 aromatic carbocycles. The fourth-order valence-corrected chi connectivity index (χ4v) is 3.43. The second-order valence-electron chi connectivity index (χ2n) is 5.88. The van der Waals surface area contributed by atoms with E-state index < -0.39 is 0 Å². The summed E-state index contributed by atoms with van der Waals surface area (Å²) in [5.41, 5.74) is 4.37. The van der Waals surface area contributed by atoms with Crippen LogP contribution in [0.5, 0.6) is 0 Å². The van der Waals surface area contributed by atoms with Crippen LogP contribution in [-0.2, 0) is 5.75 Å². The number of carbonyl (C=O) groups is 1. The maximum Gasteiger partial charge on any atom is 0.255 e. The number of nitrogens with zero attached hydrogens (tertiary/aromatic N) is 2. The van der Waals surface area contributed by atoms with Gasteiger partial charge in [-0.05, 0) is 61.9 Å². The van der Waals surface area contributed by atoms with Crippen LogP contribution >= 0.6 is 23.4 Å². The SMILES string of the molecule is Cc1cc(C)nc(SCc2ccc(C(=O)Nc3ccc(Cl)cc3)cc2)n1. The zero-order chi connectivity index (χ0) is 18.5. The summed E-state index contributed by atoms with van der Waals surface area (Å²) >= 11 is 7.44. The lowest BCUT2D eigenvalue weighted by Gasteiger charge is -2.07. The summed E-state index contributed by atoms with van der Waals surface area (Å²) in [4.78, 5) is 21.1. The van der Waals surface area contributed by atoms with Gasteiger partial charge in [0, 0.05) is 33.4 Å². The van der Waals surface area contributed by atoms with Crippen molar-refractivity contribution >= 4 is 35.0 Å². The molecule has 4 nitrogen and oxygen atoms in total. The highest BCUT2D eigenvalue weighted by molar-refractivity contribution is 7.98. The second kappa shape index (κ2) is 8.34. The molecule has 6 heteroatoms. The van der Waals surface area contributed by atoms with Gasteiger partial charge in [-0.2, -0.15) is 0 Å². The van der Waals surface area contributed by atoms with E-state index in [9.17, 15) is 4.79 Å². The minimum Gasteiger partial charge on any atom is -0.322 e. The van der Waals surface area contributed by atoms with E-state index in [1.807, 2.05) is 44.2 Å². The van der Waals surface area contributed by atoms with Gasteiger partial charge in [0.05, 0.1) is 0 Å². The van der Waals surface area contributed by atoms with Crippen molar-refractivity contribution in [2.45, 2.75) is 24.8 Å². The third-order valence-corrected chi connectivity index (χ3v) is 4.82. The fraction of sp³-hybridized carbons (Fsp3) is 0.150. The predicted octanol–water partition coefficient (Wildman–Crippen LogP) is 5.29. The Morgan fingerprint density at radius 3 is 2.23 bits per heavy atom. The van der Waals surface area contributed by atoms with Crippen LogP contribution in [0.3, 0.4) is 0 Å². The molecule has 0 fully saturated rings. The largest absolute Gasteiger partial charge is 0.322 e. The molecule has 1 N–H and O–H groups in total. The van der Waals surface area contributed by atoms with Gasteiger partial charge in [-0.3, -0.25) is 4.79 Å². The summed E-state index contributed by atoms with van der Waals surface area (Å²) in [6.07, 6.45) is 0. The van der Waals surface area contributed by atoms with E-state index in [0.717, 1.165) is 27.9 Å². The van der Waals surface area contributed by atoms with Crippen molar-refractivity contribution in [1.29, 1.82) is 0 Å². The first-order valence-electron chi connectivity index (χ1n) is 8.10. The molecule has 0 bridgehead atoms. The molecule has 0 unspecified atom stereocenters. The number of hydrogen-bond acceptors (Lipinski definition) is 4. The Balaban J connectivity index is 1.60. The van der Waals surface area contributed by atoms with Gasteiger partial charge < -0.3 is 5.32 Å². The van der Waals surface area contributed by atoms with Gasteiger partial charge in [0.15, 0.2) is 5.16 Å². The monoisotopic (exact) mass is 383 g/mol. The number of amides is 1. The van der Waals surface area contributed by atoms with E-state index in [-0.39, 0.29) is 5.91 Å². The molecule has 1 amide bonds. The first-order valence-corrected chi connectivity index (χ1v) is 9.47. The third-order valence-electron chi connectivity index (χ3n) is 3.65. The first kappa shape index (κ1) is 18.4. The van der Waals surface area contributed by atoms with Crippen molar-refractivity contribution < 1.29 is 4.79 Å². The normalized spacial score (nSPS) is 10.6. The van der Waals surface area contributed by atoms with Gasteiger partial charge in [-0.1, -0.05) is 35.5 Å². The quantitative estimate of drug-likeness (QED) is 0.480. The topological polar surface area (TPSA) is 54.9 Å². The van der Waals surface area contributed by atoms with Crippen LogP contribution in [0.25, 0.3) is 0 Å². The smallest absolute Gasteiger partial charge is 0.255 e. The number of aryl methyl sites for hydroxylation is 2. The van der Waals surface area contributed by atoms with Crippen LogP contribution in [-0.4, -0.2) is 15.9 Å². The standard InChI is InChI=1S/C20H18ClN3OS/c1-13-11-14(2)23-20(22-13)26-12-15-3-5-16(6-4-15)19(25)24-18-9-7-17(21)8-10-18/h3-11H,12H2,1-2H3,(H,24,25). The van der Waals surface area contributed by atoms with Gasteiger partial charge in [-0.15, -0.1) is 0 Å². The van der Waals surface area contributed by atoms with Gasteiger partial charge in [0.1, 0.15) is 0 Å². The maximum atomic E-state index is 12.3. The second-order valence-corrected chi connectivity index (χ2v) is 7.26. The van der Waals surface area contributed by atoms with Crippen molar-refractivity contribution in [3.8, 4) is 0 Å². The molecule has 0 aliphatic heterocycles. The van der Waals surface area contributed by atoms with E-state index in [1.165, 1.54) is 0 Å². The van der Waals surface area contributed by atoms with E-state index in [1.54, 1.807) is 36.0 Å². The molecule has 132 valence electrons. The molecular weight excluding hydrogens is 366 g/mol. The van der Waals surface area contributed by atoms with Crippen LogP contribution in [0, 0.1) is 13.8 Å². The van der Waals surface area contributed by atoms with E-state index in [0.29, 0.717) is 16.3 Å². The van der Waals surface area contributed by atoms with Crippen molar-refractivity contribution in [3.05, 3.63) is 82.1 Å². The van der Waals surface area contributed by atoms with Crippen LogP contribution in [0.2, 0.25) is 5.02 Å². The summed E-state index contributed by atoms with van der Waals surface area (Å²) in [5, 5.41) is 4.26. The summed E-state index contributed by atoms with van der Waals surface area (Å²) in [6, 6.07) is 16.5. The molecule has 0 saturated carbocycles. The molecule has 26 heavy (non-hydrogen) atoms. The van der Waals surface area contributed by atoms with Crippen LogP contribution < -0.4 is 5.32 Å². The molecule has 0 spiro atoms. The Morgan fingerprint density at radius 2 is 1.62 bits per heavy atom. The number of hydrogen-bond donors (Lipinski definition) is 1. The number of thioether (sulfide) groups is 1. The number of benzene rings is 2. The number of halogens is 1. The van der Waals surface area contributed by atoms with Gasteiger partial charge in [0.25, 0.3) is 5.91 Å². The summed E-state index contributed by atoms with van der Waals surface area (Å²) < 4.78 is 0. The molecule has 1 heterocycles. The first-order chi connectivity index (χ1) is 12.5. The highest BCUT2D eigenvalue weighted by atomic mass is 35.5. The van der Waals surface area contributed by atoms with Crippen molar-refractivity contribution in [1.82, 2.24) is 9.97 Å². The van der Waals surface area contributed by atoms with Gasteiger partial charge in [0.2, 0.25) is 0 Å². The molecule has 1 aromatic heterocycles. The van der Waals surface area contributed by atoms with Crippen molar-refractivity contribution in [2.24, 2.45) is 0 Å². The molecule has 0 aliphatic carbocycles. The highest BCUT2D eigenvalue weighted by Crippen LogP contribution is 2.21. The average Bonchev–Trinajstić information content (AvgIpc) is 2.61. The Morgan fingerprint density at radius 1 is 1.00 bits per heavy atom. The number of anilines is 1. The number of aromatic nitrogens is 2. The highest BCUT2D eigenvalue weighted by Gasteiger charge is 2.07. The predicted molar refractivity (Wildman–Crippen MR) is 107 cm³/mol. The third kappa shape index (κ3) is 5.07. The molecule has 0 atom stereocenters. The Bertz CT molecular complexity index is 891. The zero-order valence-corrected chi connectivity index (χ0v) is 16.1.